The lowest BCUT2D eigenvalue weighted by atomic mass is 10.1. The van der Waals surface area contributed by atoms with Crippen LogP contribution in [-0.4, -0.2) is 11.2 Å². The Morgan fingerprint density at radius 1 is 1.25 bits per heavy atom. The number of aromatic nitrogens is 1. The van der Waals surface area contributed by atoms with Crippen LogP contribution in [0.1, 0.15) is 5.56 Å². The van der Waals surface area contributed by atoms with Crippen LogP contribution in [-0.2, 0) is 6.54 Å². The molecule has 1 heterocycles. The third-order valence-electron chi connectivity index (χ3n) is 3.59. The Morgan fingerprint density at radius 2 is 2.04 bits per heavy atom. The fraction of sp³-hybridized carbons (Fsp3) is 0.111. The molecule has 0 saturated heterocycles. The number of ether oxygens (including phenoxy) is 1. The standard InChI is InChI=1S/C18H12BrClN2O2/c19-15-9-13(20)5-6-17(15)24-8-7-22-11-12(10-21)18(23)14-3-1-2-4-16(14)22/h1-6,9,11H,7-8H2. The number of hydrogen-bond acceptors (Lipinski definition) is 3. The van der Waals surface area contributed by atoms with Crippen molar-refractivity contribution in [3.63, 3.8) is 0 Å². The number of hydrogen-bond donors (Lipinski definition) is 0. The second kappa shape index (κ2) is 7.08. The first-order valence-corrected chi connectivity index (χ1v) is 8.37. The van der Waals surface area contributed by atoms with E-state index in [1.165, 1.54) is 0 Å². The maximum absolute atomic E-state index is 12.2. The van der Waals surface area contributed by atoms with Crippen molar-refractivity contribution in [2.24, 2.45) is 0 Å². The van der Waals surface area contributed by atoms with Crippen LogP contribution in [0.2, 0.25) is 5.02 Å². The Labute approximate surface area is 152 Å². The Morgan fingerprint density at radius 3 is 2.79 bits per heavy atom. The zero-order chi connectivity index (χ0) is 17.1. The van der Waals surface area contributed by atoms with E-state index >= 15 is 0 Å². The van der Waals surface area contributed by atoms with Crippen LogP contribution in [0.4, 0.5) is 0 Å². The first-order chi connectivity index (χ1) is 11.6. The number of para-hydroxylation sites is 1. The highest BCUT2D eigenvalue weighted by Gasteiger charge is 2.08. The highest BCUT2D eigenvalue weighted by atomic mass is 79.9. The van der Waals surface area contributed by atoms with Gasteiger partial charge in [-0.1, -0.05) is 23.7 Å². The Balaban J connectivity index is 1.86. The van der Waals surface area contributed by atoms with Gasteiger partial charge < -0.3 is 9.30 Å². The molecule has 0 atom stereocenters. The molecule has 3 rings (SSSR count). The number of nitriles is 1. The zero-order valence-electron chi connectivity index (χ0n) is 12.5. The quantitative estimate of drug-likeness (QED) is 0.650. The maximum atomic E-state index is 12.2. The Hall–Kier alpha value is -2.29. The molecule has 0 aliphatic rings. The predicted molar refractivity (Wildman–Crippen MR) is 97.6 cm³/mol. The summed E-state index contributed by atoms with van der Waals surface area (Å²) in [6.07, 6.45) is 1.57. The largest absolute Gasteiger partial charge is 0.491 e. The Bertz CT molecular complexity index is 1010. The maximum Gasteiger partial charge on any atom is 0.207 e. The van der Waals surface area contributed by atoms with E-state index in [4.69, 9.17) is 21.6 Å². The van der Waals surface area contributed by atoms with Crippen molar-refractivity contribution in [2.75, 3.05) is 6.61 Å². The number of fused-ring (bicyclic) bond motifs is 1. The molecule has 0 spiro atoms. The van der Waals surface area contributed by atoms with Crippen LogP contribution in [0.25, 0.3) is 10.9 Å². The second-order valence-electron chi connectivity index (χ2n) is 5.12. The number of nitrogens with zero attached hydrogens (tertiary/aromatic N) is 2. The van der Waals surface area contributed by atoms with Crippen molar-refractivity contribution in [3.05, 3.63) is 73.9 Å². The molecule has 3 aromatic rings. The van der Waals surface area contributed by atoms with E-state index in [1.54, 1.807) is 36.5 Å². The van der Waals surface area contributed by atoms with Crippen molar-refractivity contribution < 1.29 is 4.74 Å². The monoisotopic (exact) mass is 402 g/mol. The van der Waals surface area contributed by atoms with Crippen LogP contribution in [0, 0.1) is 11.3 Å². The molecule has 0 unspecified atom stereocenters. The van der Waals surface area contributed by atoms with Gasteiger partial charge in [0.25, 0.3) is 0 Å². The number of rotatable bonds is 4. The fourth-order valence-electron chi connectivity index (χ4n) is 2.46. The summed E-state index contributed by atoms with van der Waals surface area (Å²) in [5.74, 6) is 0.685. The molecular weight excluding hydrogens is 392 g/mol. The molecule has 0 aliphatic heterocycles. The molecule has 2 aromatic carbocycles. The van der Waals surface area contributed by atoms with Gasteiger partial charge in [-0.2, -0.15) is 5.26 Å². The number of benzene rings is 2. The van der Waals surface area contributed by atoms with Gasteiger partial charge in [0.1, 0.15) is 24.0 Å². The van der Waals surface area contributed by atoms with Gasteiger partial charge >= 0.3 is 0 Å². The highest BCUT2D eigenvalue weighted by Crippen LogP contribution is 2.28. The lowest BCUT2D eigenvalue weighted by Gasteiger charge is -2.13. The van der Waals surface area contributed by atoms with Gasteiger partial charge in [0.05, 0.1) is 16.5 Å². The van der Waals surface area contributed by atoms with Gasteiger partial charge in [-0.3, -0.25) is 4.79 Å². The third kappa shape index (κ3) is 3.30. The summed E-state index contributed by atoms with van der Waals surface area (Å²) in [4.78, 5) is 12.2. The summed E-state index contributed by atoms with van der Waals surface area (Å²) >= 11 is 9.32. The summed E-state index contributed by atoms with van der Waals surface area (Å²) in [5, 5.41) is 10.3. The normalized spacial score (nSPS) is 10.5. The average molecular weight is 404 g/mol. The summed E-state index contributed by atoms with van der Waals surface area (Å²) in [7, 11) is 0. The van der Waals surface area contributed by atoms with Crippen molar-refractivity contribution >= 4 is 38.4 Å². The molecule has 0 N–H and O–H groups in total. The van der Waals surface area contributed by atoms with Crippen molar-refractivity contribution in [2.45, 2.75) is 6.54 Å². The molecule has 0 aliphatic carbocycles. The summed E-state index contributed by atoms with van der Waals surface area (Å²) < 4.78 is 8.40. The minimum absolute atomic E-state index is 0.126. The molecule has 0 radical (unpaired) electrons. The first-order valence-electron chi connectivity index (χ1n) is 7.20. The topological polar surface area (TPSA) is 55.0 Å². The van der Waals surface area contributed by atoms with E-state index in [0.717, 1.165) is 9.99 Å². The van der Waals surface area contributed by atoms with E-state index in [2.05, 4.69) is 15.9 Å². The van der Waals surface area contributed by atoms with E-state index in [9.17, 15) is 4.79 Å². The number of halogens is 2. The molecule has 4 nitrogen and oxygen atoms in total. The lowest BCUT2D eigenvalue weighted by Crippen LogP contribution is -2.16. The van der Waals surface area contributed by atoms with Gasteiger partial charge in [-0.05, 0) is 46.3 Å². The fourth-order valence-corrected chi connectivity index (χ4v) is 3.25. The molecule has 0 amide bonds. The molecule has 120 valence electrons. The summed E-state index contributed by atoms with van der Waals surface area (Å²) in [5.41, 5.74) is 0.660. The van der Waals surface area contributed by atoms with E-state index in [-0.39, 0.29) is 11.0 Å². The molecule has 6 heteroatoms. The minimum Gasteiger partial charge on any atom is -0.491 e. The predicted octanol–water partition coefficient (Wildman–Crippen LogP) is 4.37. The average Bonchev–Trinajstić information content (AvgIpc) is 2.59. The zero-order valence-corrected chi connectivity index (χ0v) is 14.8. The van der Waals surface area contributed by atoms with Crippen molar-refractivity contribution in [3.8, 4) is 11.8 Å². The van der Waals surface area contributed by atoms with E-state index in [1.807, 2.05) is 22.8 Å². The first kappa shape index (κ1) is 16.6. The van der Waals surface area contributed by atoms with Crippen LogP contribution in [0.5, 0.6) is 5.75 Å². The minimum atomic E-state index is -0.245. The van der Waals surface area contributed by atoms with Gasteiger partial charge in [-0.25, -0.2) is 0 Å². The lowest BCUT2D eigenvalue weighted by molar-refractivity contribution is 0.298. The number of pyridine rings is 1. The van der Waals surface area contributed by atoms with Gasteiger partial charge in [0, 0.05) is 16.6 Å². The Kier molecular flexibility index (Phi) is 4.89. The molecule has 0 saturated carbocycles. The summed E-state index contributed by atoms with van der Waals surface area (Å²) in [6.45, 7) is 0.891. The van der Waals surface area contributed by atoms with Crippen molar-refractivity contribution in [1.82, 2.24) is 4.57 Å². The van der Waals surface area contributed by atoms with Crippen molar-refractivity contribution in [1.29, 1.82) is 5.26 Å². The van der Waals surface area contributed by atoms with Crippen LogP contribution in [0.15, 0.2) is 57.9 Å². The van der Waals surface area contributed by atoms with Gasteiger partial charge in [0.2, 0.25) is 5.43 Å². The molecule has 0 bridgehead atoms. The van der Waals surface area contributed by atoms with Gasteiger partial charge in [0.15, 0.2) is 0 Å². The van der Waals surface area contributed by atoms with Crippen LogP contribution in [0.3, 0.4) is 0 Å². The smallest absolute Gasteiger partial charge is 0.207 e. The van der Waals surface area contributed by atoms with Gasteiger partial charge in [-0.15, -0.1) is 0 Å². The second-order valence-corrected chi connectivity index (χ2v) is 6.41. The SMILES string of the molecule is N#Cc1cn(CCOc2ccc(Cl)cc2Br)c2ccccc2c1=O. The molecule has 24 heavy (non-hydrogen) atoms. The third-order valence-corrected chi connectivity index (χ3v) is 4.45. The molecular formula is C18H12BrClN2O2. The van der Waals surface area contributed by atoms with Crippen LogP contribution >= 0.6 is 27.5 Å². The summed E-state index contributed by atoms with van der Waals surface area (Å²) in [6, 6.07) is 14.5. The molecule has 1 aromatic heterocycles. The highest BCUT2D eigenvalue weighted by molar-refractivity contribution is 9.10. The molecule has 0 fully saturated rings. The van der Waals surface area contributed by atoms with E-state index in [0.29, 0.717) is 29.3 Å². The van der Waals surface area contributed by atoms with E-state index < -0.39 is 0 Å². The van der Waals surface area contributed by atoms with Crippen LogP contribution < -0.4 is 10.2 Å².